The van der Waals surface area contributed by atoms with Gasteiger partial charge in [-0.3, -0.25) is 10.1 Å². The van der Waals surface area contributed by atoms with Gasteiger partial charge in [-0.25, -0.2) is 0 Å². The van der Waals surface area contributed by atoms with Gasteiger partial charge in [0.1, 0.15) is 0 Å². The second-order valence-electron chi connectivity index (χ2n) is 5.38. The molecule has 2 unspecified atom stereocenters. The van der Waals surface area contributed by atoms with Gasteiger partial charge in [-0.1, -0.05) is 27.2 Å². The van der Waals surface area contributed by atoms with Crippen molar-refractivity contribution in [2.45, 2.75) is 59.2 Å². The van der Waals surface area contributed by atoms with Crippen LogP contribution in [0.25, 0.3) is 0 Å². The van der Waals surface area contributed by atoms with Gasteiger partial charge in [0.05, 0.1) is 18.8 Å². The number of rotatable bonds is 8. The number of nitrogens with zero attached hydrogens (tertiary/aromatic N) is 1. The number of carbonyl (C=O) groups excluding carboxylic acids is 1. The van der Waals surface area contributed by atoms with Crippen LogP contribution in [-0.2, 0) is 9.53 Å². The van der Waals surface area contributed by atoms with Crippen molar-refractivity contribution in [3.05, 3.63) is 0 Å². The second-order valence-corrected chi connectivity index (χ2v) is 5.38. The molecule has 0 aliphatic carbocycles. The average Bonchev–Trinajstić information content (AvgIpc) is 2.58. The summed E-state index contributed by atoms with van der Waals surface area (Å²) in [5.74, 6) is 0.794. The summed E-state index contributed by atoms with van der Waals surface area (Å²) in [6.45, 7) is 10.5. The van der Waals surface area contributed by atoms with Gasteiger partial charge in [-0.15, -0.1) is 0 Å². The average molecular weight is 256 g/mol. The van der Waals surface area contributed by atoms with E-state index in [0.29, 0.717) is 25.7 Å². The zero-order valence-corrected chi connectivity index (χ0v) is 12.2. The minimum atomic E-state index is 0.00294. The van der Waals surface area contributed by atoms with Crippen LogP contribution in [-0.4, -0.2) is 42.8 Å². The van der Waals surface area contributed by atoms with Gasteiger partial charge in [-0.2, -0.15) is 0 Å². The Bertz CT molecular complexity index is 256. The lowest BCUT2D eigenvalue weighted by molar-refractivity contribution is -0.131. The molecule has 1 aliphatic rings. The highest BCUT2D eigenvalue weighted by molar-refractivity contribution is 5.84. The molecule has 0 spiro atoms. The number of hydrogen-bond donors (Lipinski definition) is 1. The first-order valence-electron chi connectivity index (χ1n) is 7.24. The van der Waals surface area contributed by atoms with Crippen molar-refractivity contribution in [2.75, 3.05) is 19.8 Å². The Morgan fingerprint density at radius 3 is 2.67 bits per heavy atom. The van der Waals surface area contributed by atoms with E-state index in [2.05, 4.69) is 26.1 Å². The summed E-state index contributed by atoms with van der Waals surface area (Å²) in [4.78, 5) is 14.3. The molecule has 0 aromatic heterocycles. The van der Waals surface area contributed by atoms with Crippen LogP contribution in [0.2, 0.25) is 0 Å². The molecule has 1 fully saturated rings. The molecule has 0 bridgehead atoms. The molecule has 106 valence electrons. The third-order valence-electron chi connectivity index (χ3n) is 3.30. The molecule has 1 heterocycles. The quantitative estimate of drug-likeness (QED) is 0.675. The van der Waals surface area contributed by atoms with Crippen LogP contribution in [0.1, 0.15) is 47.0 Å². The molecule has 4 nitrogen and oxygen atoms in total. The summed E-state index contributed by atoms with van der Waals surface area (Å²) in [6.07, 6.45) is 3.23. The molecule has 18 heavy (non-hydrogen) atoms. The maximum absolute atomic E-state index is 12.3. The summed E-state index contributed by atoms with van der Waals surface area (Å²) in [5, 5.41) is 3.47. The fourth-order valence-corrected chi connectivity index (χ4v) is 2.47. The van der Waals surface area contributed by atoms with Crippen molar-refractivity contribution in [1.82, 2.24) is 10.2 Å². The van der Waals surface area contributed by atoms with E-state index in [1.165, 1.54) is 0 Å². The Hall–Kier alpha value is -0.610. The minimum Gasteiger partial charge on any atom is -0.380 e. The lowest BCUT2D eigenvalue weighted by atomic mass is 10.0. The summed E-state index contributed by atoms with van der Waals surface area (Å²) < 4.78 is 5.36. The highest BCUT2D eigenvalue weighted by Gasteiger charge is 2.37. The van der Waals surface area contributed by atoms with Crippen LogP contribution < -0.4 is 5.32 Å². The molecular formula is C14H28N2O2. The van der Waals surface area contributed by atoms with Crippen molar-refractivity contribution >= 4 is 5.91 Å². The SMILES string of the molecule is CCCC1NC(CC(C)C)C(=O)N1CCOCC. The third-order valence-corrected chi connectivity index (χ3v) is 3.30. The lowest BCUT2D eigenvalue weighted by Gasteiger charge is -2.23. The van der Waals surface area contributed by atoms with E-state index < -0.39 is 0 Å². The van der Waals surface area contributed by atoms with Gasteiger partial charge in [-0.05, 0) is 25.7 Å². The molecule has 0 saturated carbocycles. The molecule has 4 heteroatoms. The van der Waals surface area contributed by atoms with E-state index in [1.807, 2.05) is 11.8 Å². The van der Waals surface area contributed by atoms with E-state index in [0.717, 1.165) is 19.3 Å². The minimum absolute atomic E-state index is 0.00294. The topological polar surface area (TPSA) is 41.6 Å². The molecule has 1 amide bonds. The van der Waals surface area contributed by atoms with Crippen LogP contribution >= 0.6 is 0 Å². The highest BCUT2D eigenvalue weighted by atomic mass is 16.5. The Morgan fingerprint density at radius 2 is 2.11 bits per heavy atom. The smallest absolute Gasteiger partial charge is 0.241 e. The Labute approximate surface area is 111 Å². The van der Waals surface area contributed by atoms with Crippen LogP contribution in [0, 0.1) is 5.92 Å². The second kappa shape index (κ2) is 7.74. The van der Waals surface area contributed by atoms with Crippen LogP contribution in [0.3, 0.4) is 0 Å². The standard InChI is InChI=1S/C14H28N2O2/c1-5-7-13-15-12(10-11(3)4)14(17)16(13)8-9-18-6-2/h11-13,15H,5-10H2,1-4H3. The predicted octanol–water partition coefficient (Wildman–Crippen LogP) is 2.00. The molecule has 1 saturated heterocycles. The fraction of sp³-hybridized carbons (Fsp3) is 0.929. The third kappa shape index (κ3) is 4.25. The van der Waals surface area contributed by atoms with E-state index in [1.54, 1.807) is 0 Å². The number of nitrogens with one attached hydrogen (secondary N) is 1. The van der Waals surface area contributed by atoms with Gasteiger partial charge < -0.3 is 9.64 Å². The zero-order valence-electron chi connectivity index (χ0n) is 12.2. The van der Waals surface area contributed by atoms with Crippen molar-refractivity contribution < 1.29 is 9.53 Å². The Morgan fingerprint density at radius 1 is 1.39 bits per heavy atom. The fourth-order valence-electron chi connectivity index (χ4n) is 2.47. The van der Waals surface area contributed by atoms with E-state index in [4.69, 9.17) is 4.74 Å². The molecule has 0 aromatic rings. The summed E-state index contributed by atoms with van der Waals surface area (Å²) >= 11 is 0. The molecule has 0 radical (unpaired) electrons. The maximum atomic E-state index is 12.3. The number of carbonyl (C=O) groups is 1. The summed E-state index contributed by atoms with van der Waals surface area (Å²) in [5.41, 5.74) is 0. The maximum Gasteiger partial charge on any atom is 0.241 e. The van der Waals surface area contributed by atoms with Crippen LogP contribution in [0.15, 0.2) is 0 Å². The molecule has 1 rings (SSSR count). The Balaban J connectivity index is 2.56. The monoisotopic (exact) mass is 256 g/mol. The molecule has 0 aromatic carbocycles. The van der Waals surface area contributed by atoms with E-state index in [-0.39, 0.29) is 18.1 Å². The van der Waals surface area contributed by atoms with Crippen molar-refractivity contribution in [3.63, 3.8) is 0 Å². The van der Waals surface area contributed by atoms with Gasteiger partial charge in [0.25, 0.3) is 0 Å². The van der Waals surface area contributed by atoms with Crippen molar-refractivity contribution in [1.29, 1.82) is 0 Å². The van der Waals surface area contributed by atoms with Crippen molar-refractivity contribution in [3.8, 4) is 0 Å². The normalized spacial score (nSPS) is 24.3. The first kappa shape index (κ1) is 15.4. The van der Waals surface area contributed by atoms with Crippen molar-refractivity contribution in [2.24, 2.45) is 5.92 Å². The molecular weight excluding hydrogens is 228 g/mol. The Kier molecular flexibility index (Phi) is 6.65. The number of amides is 1. The summed E-state index contributed by atoms with van der Waals surface area (Å²) in [6, 6.07) is 0.00294. The molecule has 1 N–H and O–H groups in total. The zero-order chi connectivity index (χ0) is 13.5. The van der Waals surface area contributed by atoms with Gasteiger partial charge in [0.2, 0.25) is 5.91 Å². The van der Waals surface area contributed by atoms with E-state index >= 15 is 0 Å². The first-order chi connectivity index (χ1) is 8.60. The lowest BCUT2D eigenvalue weighted by Crippen LogP contribution is -2.39. The first-order valence-corrected chi connectivity index (χ1v) is 7.24. The predicted molar refractivity (Wildman–Crippen MR) is 73.3 cm³/mol. The number of hydrogen-bond acceptors (Lipinski definition) is 3. The van der Waals surface area contributed by atoms with Gasteiger partial charge in [0.15, 0.2) is 0 Å². The highest BCUT2D eigenvalue weighted by Crippen LogP contribution is 2.19. The van der Waals surface area contributed by atoms with E-state index in [9.17, 15) is 4.79 Å². The molecule has 1 aliphatic heterocycles. The van der Waals surface area contributed by atoms with Gasteiger partial charge >= 0.3 is 0 Å². The van der Waals surface area contributed by atoms with Crippen LogP contribution in [0.4, 0.5) is 0 Å². The summed E-state index contributed by atoms with van der Waals surface area (Å²) in [7, 11) is 0. The largest absolute Gasteiger partial charge is 0.380 e. The van der Waals surface area contributed by atoms with Crippen LogP contribution in [0.5, 0.6) is 0 Å². The molecule has 2 atom stereocenters. The van der Waals surface area contributed by atoms with Gasteiger partial charge in [0, 0.05) is 13.2 Å². The number of ether oxygens (including phenoxy) is 1.